The molecular weight excluding hydrogens is 348 g/mol. The van der Waals surface area contributed by atoms with E-state index in [1.54, 1.807) is 17.8 Å². The molecule has 2 rings (SSSR count). The van der Waals surface area contributed by atoms with Crippen molar-refractivity contribution in [2.24, 2.45) is 0 Å². The molecule has 2 aromatic rings. The van der Waals surface area contributed by atoms with Gasteiger partial charge in [0, 0.05) is 17.0 Å². The molecule has 0 atom stereocenters. The summed E-state index contributed by atoms with van der Waals surface area (Å²) in [5, 5.41) is 2.19. The molecule has 1 amide bonds. The number of hydrogen-bond donors (Lipinski definition) is 1. The fraction of sp³-hybridized carbons (Fsp3) is 0.111. The minimum atomic E-state index is -0.909. The number of carbonyl (C=O) groups excluding carboxylic acids is 2. The van der Waals surface area contributed by atoms with Crippen LogP contribution in [0.3, 0.4) is 0 Å². The fourth-order valence-electron chi connectivity index (χ4n) is 1.84. The third kappa shape index (κ3) is 6.04. The molecule has 0 aliphatic rings. The minimum Gasteiger partial charge on any atom is -0.452 e. The molecule has 0 bridgehead atoms. The molecule has 0 fully saturated rings. The van der Waals surface area contributed by atoms with E-state index in [9.17, 15) is 18.4 Å². The van der Waals surface area contributed by atoms with Crippen LogP contribution in [0, 0.1) is 11.6 Å². The summed E-state index contributed by atoms with van der Waals surface area (Å²) in [5.41, 5.74) is 0.624. The minimum absolute atomic E-state index is 0.188. The van der Waals surface area contributed by atoms with Crippen molar-refractivity contribution in [3.8, 4) is 0 Å². The lowest BCUT2D eigenvalue weighted by Gasteiger charge is -2.06. The predicted octanol–water partition coefficient (Wildman–Crippen LogP) is 3.88. The van der Waals surface area contributed by atoms with Gasteiger partial charge in [-0.05, 0) is 42.2 Å². The molecule has 0 saturated carbocycles. The Morgan fingerprint density at radius 2 is 1.88 bits per heavy atom. The first-order valence-corrected chi connectivity index (χ1v) is 8.44. The van der Waals surface area contributed by atoms with Gasteiger partial charge < -0.3 is 10.1 Å². The van der Waals surface area contributed by atoms with Crippen LogP contribution in [0.1, 0.15) is 5.56 Å². The second kappa shape index (κ2) is 8.98. The van der Waals surface area contributed by atoms with Crippen LogP contribution < -0.4 is 5.32 Å². The second-order valence-electron chi connectivity index (χ2n) is 4.89. The number of esters is 1. The number of nitrogens with one attached hydrogen (secondary N) is 1. The Kier molecular flexibility index (Phi) is 6.71. The van der Waals surface area contributed by atoms with Crippen molar-refractivity contribution in [2.75, 3.05) is 18.2 Å². The Morgan fingerprint density at radius 1 is 1.16 bits per heavy atom. The van der Waals surface area contributed by atoms with Gasteiger partial charge in [-0.2, -0.15) is 0 Å². The molecule has 0 unspecified atom stereocenters. The van der Waals surface area contributed by atoms with E-state index < -0.39 is 30.1 Å². The van der Waals surface area contributed by atoms with E-state index in [-0.39, 0.29) is 5.69 Å². The van der Waals surface area contributed by atoms with E-state index in [4.69, 9.17) is 4.74 Å². The number of halogens is 2. The summed E-state index contributed by atoms with van der Waals surface area (Å²) in [6.45, 7) is -0.578. The third-order valence-corrected chi connectivity index (χ3v) is 3.82. The predicted molar refractivity (Wildman–Crippen MR) is 93.2 cm³/mol. The van der Waals surface area contributed by atoms with E-state index in [0.717, 1.165) is 22.6 Å². The van der Waals surface area contributed by atoms with Crippen molar-refractivity contribution in [3.63, 3.8) is 0 Å². The van der Waals surface area contributed by atoms with Gasteiger partial charge in [0.1, 0.15) is 11.6 Å². The first-order chi connectivity index (χ1) is 12.0. The Balaban J connectivity index is 1.82. The van der Waals surface area contributed by atoms with E-state index >= 15 is 0 Å². The Hall–Kier alpha value is -2.67. The molecule has 0 aromatic heterocycles. The smallest absolute Gasteiger partial charge is 0.331 e. The summed E-state index contributed by atoms with van der Waals surface area (Å²) in [7, 11) is 0. The van der Waals surface area contributed by atoms with Gasteiger partial charge >= 0.3 is 5.97 Å². The number of hydrogen-bond acceptors (Lipinski definition) is 4. The van der Waals surface area contributed by atoms with Crippen LogP contribution in [0.5, 0.6) is 0 Å². The molecule has 0 heterocycles. The van der Waals surface area contributed by atoms with Crippen molar-refractivity contribution in [3.05, 3.63) is 65.7 Å². The van der Waals surface area contributed by atoms with E-state index in [0.29, 0.717) is 6.07 Å². The Morgan fingerprint density at radius 3 is 2.52 bits per heavy atom. The summed E-state index contributed by atoms with van der Waals surface area (Å²) < 4.78 is 30.9. The van der Waals surface area contributed by atoms with Crippen LogP contribution in [-0.2, 0) is 14.3 Å². The molecule has 0 aliphatic carbocycles. The molecule has 130 valence electrons. The molecule has 1 N–H and O–H groups in total. The number of anilines is 1. The molecule has 0 saturated heterocycles. The van der Waals surface area contributed by atoms with Gasteiger partial charge in [0.15, 0.2) is 6.61 Å². The maximum absolute atomic E-state index is 13.4. The average Bonchev–Trinajstić information content (AvgIpc) is 2.61. The van der Waals surface area contributed by atoms with Gasteiger partial charge in [-0.3, -0.25) is 4.79 Å². The molecule has 0 spiro atoms. The van der Waals surface area contributed by atoms with Gasteiger partial charge in [-0.25, -0.2) is 13.6 Å². The van der Waals surface area contributed by atoms with Gasteiger partial charge in [0.2, 0.25) is 0 Å². The average molecular weight is 363 g/mol. The number of rotatable bonds is 6. The summed E-state index contributed by atoms with van der Waals surface area (Å²) in [5.74, 6) is -3.09. The number of thioether (sulfide) groups is 1. The normalized spacial score (nSPS) is 10.7. The second-order valence-corrected chi connectivity index (χ2v) is 5.77. The van der Waals surface area contributed by atoms with Gasteiger partial charge in [-0.15, -0.1) is 11.8 Å². The largest absolute Gasteiger partial charge is 0.452 e. The molecule has 7 heteroatoms. The topological polar surface area (TPSA) is 55.4 Å². The number of ether oxygens (including phenoxy) is 1. The van der Waals surface area contributed by atoms with E-state index in [1.165, 1.54) is 6.08 Å². The lowest BCUT2D eigenvalue weighted by molar-refractivity contribution is -0.142. The summed E-state index contributed by atoms with van der Waals surface area (Å²) >= 11 is 1.61. The number of carbonyl (C=O) groups is 2. The standard InChI is InChI=1S/C18H15F2NO3S/c1-25-14-6-2-12(3-7-14)4-9-18(23)24-11-17(22)21-16-8-5-13(19)10-15(16)20/h2-10H,11H2,1H3,(H,21,22)/b9-4+. The lowest BCUT2D eigenvalue weighted by Crippen LogP contribution is -2.20. The van der Waals surface area contributed by atoms with Crippen molar-refractivity contribution < 1.29 is 23.1 Å². The first-order valence-electron chi connectivity index (χ1n) is 7.22. The molecule has 4 nitrogen and oxygen atoms in total. The van der Waals surface area contributed by atoms with Crippen LogP contribution in [-0.4, -0.2) is 24.7 Å². The third-order valence-electron chi connectivity index (χ3n) is 3.08. The van der Waals surface area contributed by atoms with Crippen molar-refractivity contribution in [1.82, 2.24) is 0 Å². The maximum Gasteiger partial charge on any atom is 0.331 e. The Bertz CT molecular complexity index is 791. The molecule has 0 aliphatic heterocycles. The number of benzene rings is 2. The molecule has 0 radical (unpaired) electrons. The first kappa shape index (κ1) is 18.7. The summed E-state index contributed by atoms with van der Waals surface area (Å²) in [6, 6.07) is 10.3. The quantitative estimate of drug-likeness (QED) is 0.481. The summed E-state index contributed by atoms with van der Waals surface area (Å²) in [4.78, 5) is 24.3. The van der Waals surface area contributed by atoms with Crippen LogP contribution >= 0.6 is 11.8 Å². The summed E-state index contributed by atoms with van der Waals surface area (Å²) in [6.07, 6.45) is 4.72. The fourth-order valence-corrected chi connectivity index (χ4v) is 2.25. The number of amides is 1. The van der Waals surface area contributed by atoms with Crippen LogP contribution in [0.25, 0.3) is 6.08 Å². The van der Waals surface area contributed by atoms with E-state index in [2.05, 4.69) is 5.32 Å². The molecule has 25 heavy (non-hydrogen) atoms. The van der Waals surface area contributed by atoms with Crippen molar-refractivity contribution >= 4 is 35.4 Å². The van der Waals surface area contributed by atoms with Crippen LogP contribution in [0.4, 0.5) is 14.5 Å². The maximum atomic E-state index is 13.4. The van der Waals surface area contributed by atoms with Crippen LogP contribution in [0.2, 0.25) is 0 Å². The zero-order chi connectivity index (χ0) is 18.2. The Labute approximate surface area is 147 Å². The highest BCUT2D eigenvalue weighted by atomic mass is 32.2. The van der Waals surface area contributed by atoms with Crippen molar-refractivity contribution in [1.29, 1.82) is 0 Å². The SMILES string of the molecule is CSc1ccc(/C=C/C(=O)OCC(=O)Nc2ccc(F)cc2F)cc1. The van der Waals surface area contributed by atoms with Gasteiger partial charge in [0.05, 0.1) is 5.69 Å². The monoisotopic (exact) mass is 363 g/mol. The van der Waals surface area contributed by atoms with Gasteiger partial charge in [-0.1, -0.05) is 12.1 Å². The van der Waals surface area contributed by atoms with Gasteiger partial charge in [0.25, 0.3) is 5.91 Å². The van der Waals surface area contributed by atoms with Crippen molar-refractivity contribution in [2.45, 2.75) is 4.90 Å². The highest BCUT2D eigenvalue weighted by Crippen LogP contribution is 2.16. The lowest BCUT2D eigenvalue weighted by atomic mass is 10.2. The zero-order valence-electron chi connectivity index (χ0n) is 13.3. The van der Waals surface area contributed by atoms with E-state index in [1.807, 2.05) is 30.5 Å². The van der Waals surface area contributed by atoms with Crippen LogP contribution in [0.15, 0.2) is 53.4 Å². The zero-order valence-corrected chi connectivity index (χ0v) is 14.1. The molecule has 2 aromatic carbocycles. The molecular formula is C18H15F2NO3S. The highest BCUT2D eigenvalue weighted by Gasteiger charge is 2.09. The highest BCUT2D eigenvalue weighted by molar-refractivity contribution is 7.98.